The number of phenols is 1. The van der Waals surface area contributed by atoms with Crippen LogP contribution in [0, 0.1) is 5.82 Å². The maximum Gasteiger partial charge on any atom is 0.323 e. The molecule has 1 aliphatic heterocycles. The van der Waals surface area contributed by atoms with Gasteiger partial charge in [-0.1, -0.05) is 18.2 Å². The number of carbonyl (C=O) groups is 1. The Morgan fingerprint density at radius 2 is 1.79 bits per heavy atom. The highest BCUT2D eigenvalue weighted by atomic mass is 32.2. The van der Waals surface area contributed by atoms with E-state index in [1.807, 2.05) is 0 Å². The van der Waals surface area contributed by atoms with Crippen LogP contribution in [0.3, 0.4) is 0 Å². The number of fused-ring (bicyclic) bond motifs is 1. The van der Waals surface area contributed by atoms with Crippen LogP contribution in [0.15, 0.2) is 41.3 Å². The minimum Gasteiger partial charge on any atom is -0.504 e. The molecule has 8 heteroatoms. The van der Waals surface area contributed by atoms with Crippen molar-refractivity contribution in [2.45, 2.75) is 17.7 Å². The molecular weight excluding hydrogens is 335 g/mol. The number of rotatable bonds is 2. The minimum absolute atomic E-state index is 0.0277. The molecule has 3 rings (SSSR count). The molecular formula is C16H15FN2O4S. The molecule has 2 aromatic rings. The molecule has 0 spiro atoms. The van der Waals surface area contributed by atoms with Crippen LogP contribution >= 0.6 is 0 Å². The van der Waals surface area contributed by atoms with E-state index >= 15 is 0 Å². The van der Waals surface area contributed by atoms with Crippen molar-refractivity contribution in [1.29, 1.82) is 0 Å². The molecule has 2 amide bonds. The zero-order valence-electron chi connectivity index (χ0n) is 12.5. The van der Waals surface area contributed by atoms with Gasteiger partial charge in [-0.15, -0.1) is 0 Å². The third-order valence-corrected chi connectivity index (χ3v) is 5.66. The van der Waals surface area contributed by atoms with E-state index in [0.29, 0.717) is 18.4 Å². The molecule has 0 radical (unpaired) electrons. The number of urea groups is 1. The summed E-state index contributed by atoms with van der Waals surface area (Å²) < 4.78 is 37.8. The highest BCUT2D eigenvalue weighted by Gasteiger charge is 2.29. The smallest absolute Gasteiger partial charge is 0.323 e. The average Bonchev–Trinajstić information content (AvgIpc) is 2.51. The topological polar surface area (TPSA) is 95.5 Å². The highest BCUT2D eigenvalue weighted by molar-refractivity contribution is 7.91. The number of anilines is 2. The van der Waals surface area contributed by atoms with Gasteiger partial charge in [-0.2, -0.15) is 0 Å². The Balaban J connectivity index is 1.86. The predicted octanol–water partition coefficient (Wildman–Crippen LogP) is 2.90. The van der Waals surface area contributed by atoms with Crippen molar-refractivity contribution in [1.82, 2.24) is 0 Å². The Hall–Kier alpha value is -2.61. The fraction of sp³-hybridized carbons (Fsp3) is 0.188. The minimum atomic E-state index is -3.58. The number of hydrogen-bond acceptors (Lipinski definition) is 4. The standard InChI is InChI=1S/C16H15FN2O4S/c17-11-5-1-2-6-12(11)18-16(21)19-13-8-7-10-4-3-9-24(22,23)15(10)14(13)20/h1-2,5-8,20H,3-4,9H2,(H2,18,19,21). The number of amides is 2. The fourth-order valence-corrected chi connectivity index (χ4v) is 4.35. The van der Waals surface area contributed by atoms with Crippen molar-refractivity contribution >= 4 is 27.2 Å². The van der Waals surface area contributed by atoms with E-state index in [1.165, 1.54) is 24.3 Å². The van der Waals surface area contributed by atoms with E-state index in [2.05, 4.69) is 10.6 Å². The number of benzene rings is 2. The summed E-state index contributed by atoms with van der Waals surface area (Å²) in [6.07, 6.45) is 1.04. The van der Waals surface area contributed by atoms with Crippen molar-refractivity contribution in [2.75, 3.05) is 16.4 Å². The molecule has 0 aromatic heterocycles. The molecule has 0 fully saturated rings. The molecule has 1 aliphatic rings. The Morgan fingerprint density at radius 3 is 2.54 bits per heavy atom. The first kappa shape index (κ1) is 16.3. The second-order valence-corrected chi connectivity index (χ2v) is 7.48. The fourth-order valence-electron chi connectivity index (χ4n) is 2.65. The first-order valence-corrected chi connectivity index (χ1v) is 8.94. The lowest BCUT2D eigenvalue weighted by molar-refractivity contribution is 0.262. The predicted molar refractivity (Wildman–Crippen MR) is 87.5 cm³/mol. The third kappa shape index (κ3) is 3.05. The lowest BCUT2D eigenvalue weighted by atomic mass is 10.1. The van der Waals surface area contributed by atoms with E-state index < -0.39 is 27.4 Å². The number of aromatic hydroxyl groups is 1. The van der Waals surface area contributed by atoms with Crippen molar-refractivity contribution < 1.29 is 22.7 Å². The molecule has 0 atom stereocenters. The number of aryl methyl sites for hydroxylation is 1. The summed E-state index contributed by atoms with van der Waals surface area (Å²) in [7, 11) is -3.58. The van der Waals surface area contributed by atoms with E-state index in [9.17, 15) is 22.7 Å². The van der Waals surface area contributed by atoms with Gasteiger partial charge in [-0.05, 0) is 36.6 Å². The first-order valence-electron chi connectivity index (χ1n) is 7.28. The number of hydrogen-bond donors (Lipinski definition) is 3. The van der Waals surface area contributed by atoms with Crippen LogP contribution in [0.4, 0.5) is 20.6 Å². The van der Waals surface area contributed by atoms with Crippen LogP contribution in [-0.2, 0) is 16.3 Å². The van der Waals surface area contributed by atoms with Gasteiger partial charge in [0, 0.05) is 0 Å². The summed E-state index contributed by atoms with van der Waals surface area (Å²) in [4.78, 5) is 11.8. The molecule has 6 nitrogen and oxygen atoms in total. The van der Waals surface area contributed by atoms with Gasteiger partial charge < -0.3 is 15.7 Å². The normalized spacial score (nSPS) is 15.4. The monoisotopic (exact) mass is 350 g/mol. The number of phenolic OH excluding ortho intramolecular Hbond substituents is 1. The number of sulfone groups is 1. The van der Waals surface area contributed by atoms with Gasteiger partial charge in [0.2, 0.25) is 0 Å². The lowest BCUT2D eigenvalue weighted by Gasteiger charge is -2.19. The van der Waals surface area contributed by atoms with Crippen molar-refractivity contribution in [2.24, 2.45) is 0 Å². The van der Waals surface area contributed by atoms with Gasteiger partial charge in [0.15, 0.2) is 15.6 Å². The van der Waals surface area contributed by atoms with Crippen molar-refractivity contribution in [3.05, 3.63) is 47.8 Å². The van der Waals surface area contributed by atoms with E-state index in [0.717, 1.165) is 0 Å². The molecule has 2 aromatic carbocycles. The van der Waals surface area contributed by atoms with Gasteiger partial charge in [0.25, 0.3) is 0 Å². The molecule has 0 saturated heterocycles. The highest BCUT2D eigenvalue weighted by Crippen LogP contribution is 2.38. The second-order valence-electron chi connectivity index (χ2n) is 5.43. The molecule has 0 aliphatic carbocycles. The van der Waals surface area contributed by atoms with E-state index in [1.54, 1.807) is 12.1 Å². The van der Waals surface area contributed by atoms with Gasteiger partial charge >= 0.3 is 6.03 Å². The zero-order valence-corrected chi connectivity index (χ0v) is 13.4. The number of nitrogens with one attached hydrogen (secondary N) is 2. The summed E-state index contributed by atoms with van der Waals surface area (Å²) in [5.74, 6) is -1.14. The second kappa shape index (κ2) is 6.12. The Morgan fingerprint density at radius 1 is 1.08 bits per heavy atom. The largest absolute Gasteiger partial charge is 0.504 e. The first-order chi connectivity index (χ1) is 11.4. The quantitative estimate of drug-likeness (QED) is 0.726. The van der Waals surface area contributed by atoms with Crippen LogP contribution in [0.5, 0.6) is 5.75 Å². The molecule has 0 saturated carbocycles. The number of carbonyl (C=O) groups excluding carboxylic acids is 1. The van der Waals surface area contributed by atoms with E-state index in [4.69, 9.17) is 0 Å². The lowest BCUT2D eigenvalue weighted by Crippen LogP contribution is -2.21. The van der Waals surface area contributed by atoms with Crippen LogP contribution < -0.4 is 10.6 Å². The summed E-state index contributed by atoms with van der Waals surface area (Å²) in [5.41, 5.74) is 0.451. The van der Waals surface area contributed by atoms with Crippen molar-refractivity contribution in [3.8, 4) is 5.75 Å². The Labute approximate surface area is 138 Å². The molecule has 24 heavy (non-hydrogen) atoms. The Kier molecular flexibility index (Phi) is 4.15. The molecule has 3 N–H and O–H groups in total. The molecule has 126 valence electrons. The third-order valence-electron chi connectivity index (χ3n) is 3.75. The Bertz CT molecular complexity index is 912. The van der Waals surface area contributed by atoms with Gasteiger partial charge in [0.1, 0.15) is 10.7 Å². The van der Waals surface area contributed by atoms with Crippen molar-refractivity contribution in [3.63, 3.8) is 0 Å². The van der Waals surface area contributed by atoms with Crippen LogP contribution in [0.1, 0.15) is 12.0 Å². The maximum atomic E-state index is 13.5. The molecule has 0 unspecified atom stereocenters. The number of halogens is 1. The average molecular weight is 350 g/mol. The van der Waals surface area contributed by atoms with Gasteiger partial charge in [0.05, 0.1) is 17.1 Å². The van der Waals surface area contributed by atoms with Crippen LogP contribution in [0.25, 0.3) is 0 Å². The summed E-state index contributed by atoms with van der Waals surface area (Å²) in [5, 5.41) is 14.9. The van der Waals surface area contributed by atoms with Crippen LogP contribution in [-0.4, -0.2) is 25.3 Å². The SMILES string of the molecule is O=C(Nc1ccccc1F)Nc1ccc2c(c1O)S(=O)(=O)CCC2. The maximum absolute atomic E-state index is 13.5. The van der Waals surface area contributed by atoms with Gasteiger partial charge in [-0.25, -0.2) is 17.6 Å². The van der Waals surface area contributed by atoms with E-state index in [-0.39, 0.29) is 22.0 Å². The molecule has 1 heterocycles. The van der Waals surface area contributed by atoms with Crippen LogP contribution in [0.2, 0.25) is 0 Å². The summed E-state index contributed by atoms with van der Waals surface area (Å²) in [6.45, 7) is 0. The number of para-hydroxylation sites is 1. The molecule has 0 bridgehead atoms. The summed E-state index contributed by atoms with van der Waals surface area (Å²) in [6, 6.07) is 7.81. The summed E-state index contributed by atoms with van der Waals surface area (Å²) >= 11 is 0. The van der Waals surface area contributed by atoms with Gasteiger partial charge in [-0.3, -0.25) is 0 Å². The zero-order chi connectivity index (χ0) is 17.3.